The molecule has 0 aromatic rings. The molecule has 1 rings (SSSR count). The van der Waals surface area contributed by atoms with Crippen molar-refractivity contribution in [1.29, 1.82) is 0 Å². The Morgan fingerprint density at radius 3 is 3.00 bits per heavy atom. The second-order valence-electron chi connectivity index (χ2n) is 4.05. The van der Waals surface area contributed by atoms with E-state index >= 15 is 0 Å². The van der Waals surface area contributed by atoms with Crippen LogP contribution in [-0.4, -0.2) is 24.5 Å². The molecule has 0 aliphatic carbocycles. The molecule has 1 unspecified atom stereocenters. The molecule has 1 fully saturated rings. The van der Waals surface area contributed by atoms with Crippen LogP contribution < -0.4 is 10.6 Å². The molecule has 0 bridgehead atoms. The lowest BCUT2D eigenvalue weighted by atomic mass is 9.90. The molecule has 2 N–H and O–H groups in total. The van der Waals surface area contributed by atoms with E-state index < -0.39 is 0 Å². The molecule has 1 amide bonds. The number of rotatable bonds is 4. The highest BCUT2D eigenvalue weighted by atomic mass is 16.2. The average molecular weight is 196 g/mol. The maximum absolute atomic E-state index is 11.8. The van der Waals surface area contributed by atoms with E-state index in [2.05, 4.69) is 17.2 Å². The van der Waals surface area contributed by atoms with Crippen LogP contribution in [0.2, 0.25) is 0 Å². The molecule has 1 aliphatic heterocycles. The molecule has 0 saturated carbocycles. The Labute approximate surface area is 86.0 Å². The van der Waals surface area contributed by atoms with Gasteiger partial charge in [-0.25, -0.2) is 0 Å². The third-order valence-corrected chi connectivity index (χ3v) is 2.75. The first-order valence-electron chi connectivity index (χ1n) is 5.33. The fourth-order valence-electron chi connectivity index (χ4n) is 1.73. The summed E-state index contributed by atoms with van der Waals surface area (Å²) in [5.41, 5.74) is -0.348. The van der Waals surface area contributed by atoms with Crippen LogP contribution in [0.4, 0.5) is 0 Å². The first kappa shape index (κ1) is 11.2. The van der Waals surface area contributed by atoms with Crippen LogP contribution in [0.1, 0.15) is 32.6 Å². The van der Waals surface area contributed by atoms with Crippen molar-refractivity contribution in [2.45, 2.75) is 38.1 Å². The van der Waals surface area contributed by atoms with Gasteiger partial charge in [0.15, 0.2) is 0 Å². The molecule has 0 aromatic carbocycles. The number of carbonyl (C=O) groups is 1. The molecule has 80 valence electrons. The molecule has 1 atom stereocenters. The number of piperidine rings is 1. The van der Waals surface area contributed by atoms with Gasteiger partial charge in [-0.15, -0.1) is 6.58 Å². The Bertz CT molecular complexity index is 207. The van der Waals surface area contributed by atoms with Gasteiger partial charge in [0.25, 0.3) is 0 Å². The molecule has 0 spiro atoms. The zero-order valence-corrected chi connectivity index (χ0v) is 8.94. The van der Waals surface area contributed by atoms with Crippen molar-refractivity contribution in [1.82, 2.24) is 10.6 Å². The topological polar surface area (TPSA) is 41.1 Å². The van der Waals surface area contributed by atoms with Gasteiger partial charge in [0.1, 0.15) is 0 Å². The Morgan fingerprint density at radius 1 is 1.64 bits per heavy atom. The van der Waals surface area contributed by atoms with Gasteiger partial charge in [0.2, 0.25) is 5.91 Å². The maximum Gasteiger partial charge on any atom is 0.240 e. The van der Waals surface area contributed by atoms with Crippen LogP contribution in [0, 0.1) is 0 Å². The second-order valence-corrected chi connectivity index (χ2v) is 4.05. The average Bonchev–Trinajstić information content (AvgIpc) is 2.19. The highest BCUT2D eigenvalue weighted by Gasteiger charge is 2.33. The number of nitrogens with one attached hydrogen (secondary N) is 2. The molecular weight excluding hydrogens is 176 g/mol. The highest BCUT2D eigenvalue weighted by molar-refractivity contribution is 5.85. The summed E-state index contributed by atoms with van der Waals surface area (Å²) in [6.45, 7) is 7.25. The van der Waals surface area contributed by atoms with E-state index in [-0.39, 0.29) is 11.4 Å². The largest absolute Gasteiger partial charge is 0.354 e. The molecule has 3 nitrogen and oxygen atoms in total. The van der Waals surface area contributed by atoms with E-state index in [9.17, 15) is 4.79 Å². The Hall–Kier alpha value is -0.830. The Balaban J connectivity index is 2.36. The third kappa shape index (κ3) is 2.84. The summed E-state index contributed by atoms with van der Waals surface area (Å²) in [6, 6.07) is 0. The van der Waals surface area contributed by atoms with E-state index in [1.165, 1.54) is 6.42 Å². The quantitative estimate of drug-likeness (QED) is 0.524. The minimum absolute atomic E-state index is 0.124. The van der Waals surface area contributed by atoms with Gasteiger partial charge in [-0.3, -0.25) is 4.79 Å². The summed E-state index contributed by atoms with van der Waals surface area (Å²) < 4.78 is 0. The molecule has 1 aliphatic rings. The second kappa shape index (κ2) is 5.15. The Morgan fingerprint density at radius 2 is 2.43 bits per heavy atom. The predicted octanol–water partition coefficient (Wildman–Crippen LogP) is 1.21. The van der Waals surface area contributed by atoms with Gasteiger partial charge < -0.3 is 10.6 Å². The van der Waals surface area contributed by atoms with Gasteiger partial charge in [-0.2, -0.15) is 0 Å². The summed E-state index contributed by atoms with van der Waals surface area (Å²) in [4.78, 5) is 11.8. The number of carbonyl (C=O) groups excluding carboxylic acids is 1. The maximum atomic E-state index is 11.8. The van der Waals surface area contributed by atoms with E-state index in [1.54, 1.807) is 0 Å². The standard InChI is InChI=1S/C11H20N2O/c1-3-4-8-12-10(14)11(2)7-5-6-9-13-11/h3,13H,1,4-9H2,2H3,(H,12,14). The minimum atomic E-state index is -0.348. The van der Waals surface area contributed by atoms with Crippen molar-refractivity contribution < 1.29 is 4.79 Å². The molecule has 0 aromatic heterocycles. The summed E-state index contributed by atoms with van der Waals surface area (Å²) in [5, 5.41) is 6.21. The lowest BCUT2D eigenvalue weighted by Gasteiger charge is -2.33. The van der Waals surface area contributed by atoms with Gasteiger partial charge >= 0.3 is 0 Å². The lowest BCUT2D eigenvalue weighted by Crippen LogP contribution is -2.57. The minimum Gasteiger partial charge on any atom is -0.354 e. The van der Waals surface area contributed by atoms with Gasteiger partial charge in [0, 0.05) is 6.54 Å². The van der Waals surface area contributed by atoms with E-state index in [1.807, 2.05) is 13.0 Å². The zero-order valence-electron chi connectivity index (χ0n) is 8.94. The van der Waals surface area contributed by atoms with Crippen molar-refractivity contribution in [2.75, 3.05) is 13.1 Å². The van der Waals surface area contributed by atoms with E-state index in [4.69, 9.17) is 0 Å². The molecule has 1 heterocycles. The monoisotopic (exact) mass is 196 g/mol. The van der Waals surface area contributed by atoms with Crippen molar-refractivity contribution in [3.05, 3.63) is 12.7 Å². The van der Waals surface area contributed by atoms with Gasteiger partial charge in [-0.05, 0) is 39.2 Å². The van der Waals surface area contributed by atoms with Crippen molar-refractivity contribution in [3.8, 4) is 0 Å². The van der Waals surface area contributed by atoms with Gasteiger partial charge in [0.05, 0.1) is 5.54 Å². The molecule has 1 saturated heterocycles. The highest BCUT2D eigenvalue weighted by Crippen LogP contribution is 2.18. The predicted molar refractivity (Wildman–Crippen MR) is 58.1 cm³/mol. The summed E-state index contributed by atoms with van der Waals surface area (Å²) >= 11 is 0. The van der Waals surface area contributed by atoms with E-state index in [0.717, 1.165) is 25.8 Å². The van der Waals surface area contributed by atoms with E-state index in [0.29, 0.717) is 6.54 Å². The normalized spacial score (nSPS) is 26.9. The SMILES string of the molecule is C=CCCNC(=O)C1(C)CCCCN1. The first-order chi connectivity index (χ1) is 6.69. The molecular formula is C11H20N2O. The van der Waals surface area contributed by atoms with Crippen LogP contribution in [-0.2, 0) is 4.79 Å². The lowest BCUT2D eigenvalue weighted by molar-refractivity contribution is -0.127. The number of amides is 1. The van der Waals surface area contributed by atoms with Crippen LogP contribution in [0.5, 0.6) is 0 Å². The smallest absolute Gasteiger partial charge is 0.240 e. The van der Waals surface area contributed by atoms with Crippen LogP contribution in [0.25, 0.3) is 0 Å². The van der Waals surface area contributed by atoms with Crippen LogP contribution >= 0.6 is 0 Å². The van der Waals surface area contributed by atoms with Crippen molar-refractivity contribution in [2.24, 2.45) is 0 Å². The van der Waals surface area contributed by atoms with Crippen molar-refractivity contribution in [3.63, 3.8) is 0 Å². The zero-order chi connectivity index (χ0) is 10.4. The number of hydrogen-bond donors (Lipinski definition) is 2. The molecule has 3 heteroatoms. The fourth-order valence-corrected chi connectivity index (χ4v) is 1.73. The molecule has 0 radical (unpaired) electrons. The number of hydrogen-bond acceptors (Lipinski definition) is 2. The van der Waals surface area contributed by atoms with Crippen LogP contribution in [0.3, 0.4) is 0 Å². The van der Waals surface area contributed by atoms with Gasteiger partial charge in [-0.1, -0.05) is 6.08 Å². The molecule has 14 heavy (non-hydrogen) atoms. The van der Waals surface area contributed by atoms with Crippen LogP contribution in [0.15, 0.2) is 12.7 Å². The first-order valence-corrected chi connectivity index (χ1v) is 5.33. The summed E-state index contributed by atoms with van der Waals surface area (Å²) in [5.74, 6) is 0.124. The third-order valence-electron chi connectivity index (χ3n) is 2.75. The summed E-state index contributed by atoms with van der Waals surface area (Å²) in [7, 11) is 0. The summed E-state index contributed by atoms with van der Waals surface area (Å²) in [6.07, 6.45) is 5.90. The van der Waals surface area contributed by atoms with Crippen molar-refractivity contribution >= 4 is 5.91 Å². The Kier molecular flexibility index (Phi) is 4.14. The fraction of sp³-hybridized carbons (Fsp3) is 0.727.